The third-order valence-electron chi connectivity index (χ3n) is 5.81. The van der Waals surface area contributed by atoms with E-state index in [0.717, 1.165) is 28.1 Å². The number of thioether (sulfide) groups is 1. The van der Waals surface area contributed by atoms with Crippen molar-refractivity contribution in [2.75, 3.05) is 25.3 Å². The second-order valence-corrected chi connectivity index (χ2v) is 11.8. The summed E-state index contributed by atoms with van der Waals surface area (Å²) in [7, 11) is -3.95. The summed E-state index contributed by atoms with van der Waals surface area (Å²) in [6, 6.07) is 7.50. The van der Waals surface area contributed by atoms with E-state index < -0.39 is 27.8 Å². The monoisotopic (exact) mass is 523 g/mol. The van der Waals surface area contributed by atoms with Crippen LogP contribution in [0.3, 0.4) is 0 Å². The number of carbonyl (C=O) groups excluding carboxylic acids is 1. The molecule has 5 rings (SSSR count). The van der Waals surface area contributed by atoms with Gasteiger partial charge in [-0.3, -0.25) is 4.79 Å². The molecule has 0 bridgehead atoms. The molecule has 2 aromatic carbocycles. The van der Waals surface area contributed by atoms with Gasteiger partial charge >= 0.3 is 0 Å². The molecule has 180 valence electrons. The highest BCUT2D eigenvalue weighted by molar-refractivity contribution is 7.98. The Morgan fingerprint density at radius 3 is 2.71 bits per heavy atom. The van der Waals surface area contributed by atoms with Gasteiger partial charge in [-0.1, -0.05) is 11.3 Å². The molecule has 1 atom stereocenters. The maximum atomic E-state index is 13.3. The van der Waals surface area contributed by atoms with Gasteiger partial charge in [-0.2, -0.15) is 21.1 Å². The molecule has 12 heteroatoms. The van der Waals surface area contributed by atoms with E-state index in [-0.39, 0.29) is 18.2 Å². The summed E-state index contributed by atoms with van der Waals surface area (Å²) in [5, 5.41) is 0. The number of aryl methyl sites for hydroxylation is 1. The fourth-order valence-corrected chi connectivity index (χ4v) is 7.22. The number of thiazole rings is 1. The summed E-state index contributed by atoms with van der Waals surface area (Å²) >= 11 is 3.03. The van der Waals surface area contributed by atoms with Gasteiger partial charge in [0.1, 0.15) is 11.9 Å². The van der Waals surface area contributed by atoms with Crippen LogP contribution in [0.15, 0.2) is 46.3 Å². The number of amides is 1. The molecular weight excluding hydrogens is 501 g/mol. The normalized spacial score (nSPS) is 18.8. The Balaban J connectivity index is 1.52. The molecule has 3 heterocycles. The Bertz CT molecular complexity index is 1420. The van der Waals surface area contributed by atoms with Crippen LogP contribution in [-0.4, -0.2) is 54.6 Å². The summed E-state index contributed by atoms with van der Waals surface area (Å²) in [5.41, 5.74) is 0.886. The summed E-state index contributed by atoms with van der Waals surface area (Å²) in [6.07, 6.45) is 2.93. The fourth-order valence-electron chi connectivity index (χ4n) is 4.13. The van der Waals surface area contributed by atoms with Gasteiger partial charge in [0.15, 0.2) is 16.3 Å². The third-order valence-corrected chi connectivity index (χ3v) is 9.37. The number of sulfonamides is 1. The third kappa shape index (κ3) is 4.23. The quantitative estimate of drug-likeness (QED) is 0.493. The summed E-state index contributed by atoms with van der Waals surface area (Å²) in [4.78, 5) is 18.1. The fraction of sp³-hybridized carbons (Fsp3) is 0.364. The number of halogens is 1. The Morgan fingerprint density at radius 2 is 1.97 bits per heavy atom. The van der Waals surface area contributed by atoms with Crippen LogP contribution in [0, 0.1) is 5.82 Å². The zero-order chi connectivity index (χ0) is 23.9. The SMILES string of the molecule is CSCCn1c(=NC(=O)C2CCCN2S(=O)(=O)c2ccc(F)cc2)sc2cc3c(cc21)OCO3. The molecule has 0 saturated carbocycles. The lowest BCUT2D eigenvalue weighted by molar-refractivity contribution is -0.121. The standard InChI is InChI=1S/C22H22FN3O5S3/c1-32-10-9-25-17-11-18-19(31-13-30-18)12-20(17)33-22(25)24-21(27)16-3-2-8-26(16)34(28,29)15-6-4-14(23)5-7-15/h4-7,11-12,16H,2-3,8-10,13H2,1H3. The lowest BCUT2D eigenvalue weighted by atomic mass is 10.2. The lowest BCUT2D eigenvalue weighted by Crippen LogP contribution is -2.40. The number of benzene rings is 2. The Kier molecular flexibility index (Phi) is 6.40. The average molecular weight is 524 g/mol. The maximum Gasteiger partial charge on any atom is 0.266 e. The molecule has 2 aliphatic heterocycles. The molecule has 0 spiro atoms. The van der Waals surface area contributed by atoms with Crippen LogP contribution in [0.5, 0.6) is 11.5 Å². The zero-order valence-corrected chi connectivity index (χ0v) is 20.7. The number of carbonyl (C=O) groups is 1. The predicted molar refractivity (Wildman–Crippen MR) is 128 cm³/mol. The molecule has 1 unspecified atom stereocenters. The first-order valence-corrected chi connectivity index (χ1v) is 14.3. The Labute approximate surface area is 204 Å². The molecule has 3 aromatic rings. The predicted octanol–water partition coefficient (Wildman–Crippen LogP) is 3.21. The number of nitrogens with zero attached hydrogens (tertiary/aromatic N) is 3. The van der Waals surface area contributed by atoms with Gasteiger partial charge in [0.2, 0.25) is 16.8 Å². The lowest BCUT2D eigenvalue weighted by Gasteiger charge is -2.21. The van der Waals surface area contributed by atoms with Crippen molar-refractivity contribution < 1.29 is 27.1 Å². The maximum absolute atomic E-state index is 13.3. The van der Waals surface area contributed by atoms with E-state index >= 15 is 0 Å². The van der Waals surface area contributed by atoms with E-state index in [2.05, 4.69) is 4.99 Å². The van der Waals surface area contributed by atoms with Crippen molar-refractivity contribution in [3.63, 3.8) is 0 Å². The van der Waals surface area contributed by atoms with Crippen molar-refractivity contribution in [2.24, 2.45) is 4.99 Å². The van der Waals surface area contributed by atoms with Crippen LogP contribution >= 0.6 is 23.1 Å². The van der Waals surface area contributed by atoms with Gasteiger partial charge in [0.05, 0.1) is 15.1 Å². The van der Waals surface area contributed by atoms with Gasteiger partial charge in [0, 0.05) is 31.0 Å². The van der Waals surface area contributed by atoms with Crippen LogP contribution < -0.4 is 14.3 Å². The molecule has 0 N–H and O–H groups in total. The van der Waals surface area contributed by atoms with Crippen molar-refractivity contribution in [2.45, 2.75) is 30.3 Å². The zero-order valence-electron chi connectivity index (χ0n) is 18.3. The van der Waals surface area contributed by atoms with Crippen molar-refractivity contribution in [3.05, 3.63) is 47.0 Å². The average Bonchev–Trinajstić information content (AvgIpc) is 3.55. The van der Waals surface area contributed by atoms with E-state index in [9.17, 15) is 17.6 Å². The first kappa shape index (κ1) is 23.3. The minimum atomic E-state index is -3.95. The first-order valence-electron chi connectivity index (χ1n) is 10.7. The first-order chi connectivity index (χ1) is 16.4. The largest absolute Gasteiger partial charge is 0.454 e. The van der Waals surface area contributed by atoms with Gasteiger partial charge < -0.3 is 14.0 Å². The van der Waals surface area contributed by atoms with E-state index in [1.807, 2.05) is 23.0 Å². The number of rotatable bonds is 6. The van der Waals surface area contributed by atoms with Crippen LogP contribution in [0.25, 0.3) is 10.2 Å². The Hall–Kier alpha value is -2.41. The molecule has 1 fully saturated rings. The van der Waals surface area contributed by atoms with Crippen molar-refractivity contribution in [3.8, 4) is 11.5 Å². The molecule has 2 aliphatic rings. The van der Waals surface area contributed by atoms with Crippen molar-refractivity contribution in [1.29, 1.82) is 0 Å². The molecule has 1 saturated heterocycles. The highest BCUT2D eigenvalue weighted by Crippen LogP contribution is 2.37. The number of fused-ring (bicyclic) bond motifs is 2. The molecule has 34 heavy (non-hydrogen) atoms. The number of aromatic nitrogens is 1. The smallest absolute Gasteiger partial charge is 0.266 e. The topological polar surface area (TPSA) is 90.2 Å². The van der Waals surface area contributed by atoms with Gasteiger partial charge in [-0.15, -0.1) is 0 Å². The van der Waals surface area contributed by atoms with Gasteiger partial charge in [-0.05, 0) is 43.4 Å². The highest BCUT2D eigenvalue weighted by atomic mass is 32.2. The van der Waals surface area contributed by atoms with E-state index in [4.69, 9.17) is 9.47 Å². The van der Waals surface area contributed by atoms with Crippen LogP contribution in [0.4, 0.5) is 4.39 Å². The number of hydrogen-bond acceptors (Lipinski definition) is 7. The molecular formula is C22H22FN3O5S3. The minimum absolute atomic E-state index is 0.0417. The summed E-state index contributed by atoms with van der Waals surface area (Å²) in [5.74, 6) is 1.08. The summed E-state index contributed by atoms with van der Waals surface area (Å²) < 4.78 is 54.6. The van der Waals surface area contributed by atoms with Crippen LogP contribution in [-0.2, 0) is 21.4 Å². The van der Waals surface area contributed by atoms with E-state index in [1.165, 1.54) is 27.8 Å². The molecule has 1 amide bonds. The molecule has 0 aliphatic carbocycles. The second kappa shape index (κ2) is 9.33. The molecule has 0 radical (unpaired) electrons. The number of hydrogen-bond donors (Lipinski definition) is 0. The van der Waals surface area contributed by atoms with E-state index in [1.54, 1.807) is 11.8 Å². The summed E-state index contributed by atoms with van der Waals surface area (Å²) in [6.45, 7) is 1.02. The Morgan fingerprint density at radius 1 is 1.24 bits per heavy atom. The second-order valence-electron chi connectivity index (χ2n) is 7.88. The highest BCUT2D eigenvalue weighted by Gasteiger charge is 2.39. The molecule has 1 aromatic heterocycles. The van der Waals surface area contributed by atoms with Crippen molar-refractivity contribution in [1.82, 2.24) is 8.87 Å². The van der Waals surface area contributed by atoms with Gasteiger partial charge in [-0.25, -0.2) is 12.8 Å². The number of ether oxygens (including phenoxy) is 2. The van der Waals surface area contributed by atoms with Crippen molar-refractivity contribution >= 4 is 49.2 Å². The van der Waals surface area contributed by atoms with Crippen LogP contribution in [0.2, 0.25) is 0 Å². The minimum Gasteiger partial charge on any atom is -0.454 e. The van der Waals surface area contributed by atoms with Gasteiger partial charge in [0.25, 0.3) is 5.91 Å². The van der Waals surface area contributed by atoms with Crippen LogP contribution in [0.1, 0.15) is 12.8 Å². The van der Waals surface area contributed by atoms with E-state index in [0.29, 0.717) is 35.7 Å². The molecule has 8 nitrogen and oxygen atoms in total.